The molecule has 3 N–H and O–H groups in total. The van der Waals surface area contributed by atoms with Gasteiger partial charge in [-0.2, -0.15) is 18.3 Å². The van der Waals surface area contributed by atoms with Crippen molar-refractivity contribution in [3.8, 4) is 0 Å². The highest BCUT2D eigenvalue weighted by Crippen LogP contribution is 2.38. The van der Waals surface area contributed by atoms with Crippen molar-refractivity contribution in [2.24, 2.45) is 5.73 Å². The molecular formula is C18H14F5N5O. The molecule has 1 atom stereocenters. The number of nitrogens with one attached hydrogen (secondary N) is 1. The zero-order valence-corrected chi connectivity index (χ0v) is 14.6. The van der Waals surface area contributed by atoms with Gasteiger partial charge in [-0.05, 0) is 35.4 Å². The van der Waals surface area contributed by atoms with Gasteiger partial charge in [0.05, 0.1) is 6.54 Å². The molecule has 0 aliphatic heterocycles. The molecule has 0 aliphatic rings. The third-order valence-electron chi connectivity index (χ3n) is 4.10. The lowest BCUT2D eigenvalue weighted by Crippen LogP contribution is -2.59. The van der Waals surface area contributed by atoms with Crippen molar-refractivity contribution in [1.82, 2.24) is 14.8 Å². The fraction of sp³-hybridized carbons (Fsp3) is 0.167. The number of carbonyl (C=O) groups excluding carboxylic acids is 1. The Hall–Kier alpha value is -3.34. The molecule has 0 spiro atoms. The maximum atomic E-state index is 13.6. The zero-order chi connectivity index (χ0) is 21.2. The average molecular weight is 411 g/mol. The Morgan fingerprint density at radius 3 is 2.28 bits per heavy atom. The fourth-order valence-corrected chi connectivity index (χ4v) is 2.61. The van der Waals surface area contributed by atoms with Crippen LogP contribution >= 0.6 is 0 Å². The first kappa shape index (κ1) is 20.4. The lowest BCUT2D eigenvalue weighted by molar-refractivity contribution is -0.191. The van der Waals surface area contributed by atoms with Crippen LogP contribution in [0.5, 0.6) is 0 Å². The molecular weight excluding hydrogens is 397 g/mol. The predicted octanol–water partition coefficient (Wildman–Crippen LogP) is 2.96. The van der Waals surface area contributed by atoms with E-state index in [0.717, 1.165) is 5.56 Å². The molecule has 152 valence electrons. The maximum Gasteiger partial charge on any atom is 0.419 e. The number of aromatic nitrogens is 3. The second kappa shape index (κ2) is 7.59. The van der Waals surface area contributed by atoms with Crippen LogP contribution in [0.15, 0.2) is 55.0 Å². The Balaban J connectivity index is 1.86. The molecule has 6 nitrogen and oxygen atoms in total. The van der Waals surface area contributed by atoms with Crippen LogP contribution in [0.3, 0.4) is 0 Å². The zero-order valence-electron chi connectivity index (χ0n) is 14.6. The van der Waals surface area contributed by atoms with E-state index in [-0.39, 0.29) is 12.4 Å². The second-order valence-electron chi connectivity index (χ2n) is 6.17. The van der Waals surface area contributed by atoms with Gasteiger partial charge in [0.2, 0.25) is 5.54 Å². The summed E-state index contributed by atoms with van der Waals surface area (Å²) in [6.45, 7) is 0.278. The van der Waals surface area contributed by atoms with Crippen molar-refractivity contribution in [3.05, 3.63) is 77.8 Å². The molecule has 0 saturated heterocycles. The summed E-state index contributed by atoms with van der Waals surface area (Å²) in [6, 6.07) is 5.79. The molecule has 0 aliphatic carbocycles. The monoisotopic (exact) mass is 411 g/mol. The van der Waals surface area contributed by atoms with Crippen LogP contribution in [0.4, 0.5) is 27.8 Å². The number of halogens is 5. The molecule has 1 unspecified atom stereocenters. The van der Waals surface area contributed by atoms with E-state index in [1.807, 2.05) is 5.32 Å². The molecule has 3 aromatic rings. The summed E-state index contributed by atoms with van der Waals surface area (Å²) < 4.78 is 69.1. The minimum absolute atomic E-state index is 0.208. The van der Waals surface area contributed by atoms with Crippen molar-refractivity contribution < 1.29 is 26.7 Å². The topological polar surface area (TPSA) is 85.8 Å². The number of alkyl halides is 3. The number of hydrogen-bond acceptors (Lipinski definition) is 4. The highest BCUT2D eigenvalue weighted by molar-refractivity contribution is 5.98. The first-order chi connectivity index (χ1) is 13.6. The van der Waals surface area contributed by atoms with E-state index in [9.17, 15) is 26.7 Å². The smallest absolute Gasteiger partial charge is 0.307 e. The number of hydrogen-bond donors (Lipinski definition) is 2. The van der Waals surface area contributed by atoms with Gasteiger partial charge in [0.25, 0.3) is 5.91 Å². The maximum absolute atomic E-state index is 13.6. The fourth-order valence-electron chi connectivity index (χ4n) is 2.61. The number of nitrogens with zero attached hydrogens (tertiary/aromatic N) is 3. The normalized spacial score (nSPS) is 13.7. The Bertz CT molecular complexity index is 1000. The number of carbonyl (C=O) groups is 1. The van der Waals surface area contributed by atoms with Gasteiger partial charge in [-0.15, -0.1) is 0 Å². The van der Waals surface area contributed by atoms with Gasteiger partial charge in [0.1, 0.15) is 11.6 Å². The summed E-state index contributed by atoms with van der Waals surface area (Å²) in [5.41, 5.74) is 1.40. The molecule has 2 heterocycles. The molecule has 0 bridgehead atoms. The first-order valence-corrected chi connectivity index (χ1v) is 8.15. The van der Waals surface area contributed by atoms with Crippen LogP contribution in [-0.4, -0.2) is 26.8 Å². The molecule has 0 saturated carbocycles. The van der Waals surface area contributed by atoms with Crippen molar-refractivity contribution >= 4 is 11.7 Å². The molecule has 2 aromatic heterocycles. The number of nitrogens with two attached hydrogens (primary N) is 1. The molecule has 29 heavy (non-hydrogen) atoms. The molecule has 1 aromatic carbocycles. The Labute approximate surface area is 161 Å². The second-order valence-corrected chi connectivity index (χ2v) is 6.17. The summed E-state index contributed by atoms with van der Waals surface area (Å²) in [5.74, 6) is -4.54. The van der Waals surface area contributed by atoms with Crippen LogP contribution in [0.1, 0.15) is 11.1 Å². The van der Waals surface area contributed by atoms with Gasteiger partial charge in [-0.3, -0.25) is 14.5 Å². The largest absolute Gasteiger partial charge is 0.419 e. The van der Waals surface area contributed by atoms with Crippen molar-refractivity contribution in [2.75, 3.05) is 5.32 Å². The van der Waals surface area contributed by atoms with Crippen LogP contribution in [0, 0.1) is 11.6 Å². The van der Waals surface area contributed by atoms with Gasteiger partial charge in [-0.25, -0.2) is 8.78 Å². The van der Waals surface area contributed by atoms with Crippen molar-refractivity contribution in [2.45, 2.75) is 18.3 Å². The lowest BCUT2D eigenvalue weighted by atomic mass is 9.89. The Morgan fingerprint density at radius 2 is 1.69 bits per heavy atom. The summed E-state index contributed by atoms with van der Waals surface area (Å²) in [5, 5.41) is 5.92. The van der Waals surface area contributed by atoms with Crippen molar-refractivity contribution in [1.29, 1.82) is 0 Å². The minimum Gasteiger partial charge on any atom is -0.307 e. The Morgan fingerprint density at radius 1 is 1.07 bits per heavy atom. The Kier molecular flexibility index (Phi) is 5.33. The van der Waals surface area contributed by atoms with Crippen LogP contribution in [-0.2, 0) is 16.9 Å². The first-order valence-electron chi connectivity index (χ1n) is 8.15. The number of benzene rings is 1. The van der Waals surface area contributed by atoms with Gasteiger partial charge >= 0.3 is 6.18 Å². The molecule has 0 radical (unpaired) electrons. The van der Waals surface area contributed by atoms with Gasteiger partial charge < -0.3 is 11.1 Å². The van der Waals surface area contributed by atoms with Crippen LogP contribution < -0.4 is 11.1 Å². The van der Waals surface area contributed by atoms with E-state index in [0.29, 0.717) is 18.2 Å². The molecule has 1 amide bonds. The molecule has 11 heteroatoms. The third kappa shape index (κ3) is 4.24. The minimum atomic E-state index is -5.34. The quantitative estimate of drug-likeness (QED) is 0.633. The van der Waals surface area contributed by atoms with Gasteiger partial charge in [0.15, 0.2) is 5.82 Å². The number of anilines is 1. The summed E-state index contributed by atoms with van der Waals surface area (Å²) in [6.07, 6.45) is -0.780. The van der Waals surface area contributed by atoms with Gasteiger partial charge in [-0.1, -0.05) is 0 Å². The SMILES string of the molecule is NC(C(=O)Nc1ccn(Cc2ccncc2)n1)(c1cc(F)cc(F)c1)C(F)(F)F. The number of amides is 1. The summed E-state index contributed by atoms with van der Waals surface area (Å²) >= 11 is 0. The highest BCUT2D eigenvalue weighted by Gasteiger charge is 2.59. The van der Waals surface area contributed by atoms with E-state index in [4.69, 9.17) is 5.73 Å². The van der Waals surface area contributed by atoms with E-state index in [1.165, 1.54) is 16.9 Å². The molecule has 3 rings (SSSR count). The molecule has 0 fully saturated rings. The van der Waals surface area contributed by atoms with Crippen molar-refractivity contribution in [3.63, 3.8) is 0 Å². The van der Waals surface area contributed by atoms with Gasteiger partial charge in [0, 0.05) is 30.7 Å². The van der Waals surface area contributed by atoms with Crippen LogP contribution in [0.2, 0.25) is 0 Å². The summed E-state index contributed by atoms with van der Waals surface area (Å²) in [7, 11) is 0. The predicted molar refractivity (Wildman–Crippen MR) is 92.5 cm³/mol. The number of rotatable bonds is 5. The highest BCUT2D eigenvalue weighted by atomic mass is 19.4. The van der Waals surface area contributed by atoms with E-state index in [1.54, 1.807) is 24.5 Å². The standard InChI is InChI=1S/C18H14F5N5O/c19-13-7-12(8-14(20)9-13)17(24,18(21,22)23)16(29)26-15-3-6-28(27-15)10-11-1-4-25-5-2-11/h1-9H,10,24H2,(H,26,27,29). The van der Waals surface area contributed by atoms with E-state index in [2.05, 4.69) is 10.1 Å². The average Bonchev–Trinajstić information content (AvgIpc) is 3.06. The summed E-state index contributed by atoms with van der Waals surface area (Å²) in [4.78, 5) is 16.3. The lowest BCUT2D eigenvalue weighted by Gasteiger charge is -2.30. The van der Waals surface area contributed by atoms with E-state index < -0.39 is 34.8 Å². The van der Waals surface area contributed by atoms with Crippen LogP contribution in [0.25, 0.3) is 0 Å². The van der Waals surface area contributed by atoms with E-state index >= 15 is 0 Å². The third-order valence-corrected chi connectivity index (χ3v) is 4.10. The number of pyridine rings is 1.